The molecule has 102 valence electrons. The van der Waals surface area contributed by atoms with Gasteiger partial charge in [0.25, 0.3) is 0 Å². The molecule has 6 heteroatoms. The van der Waals surface area contributed by atoms with E-state index in [1.807, 2.05) is 13.8 Å². The third kappa shape index (κ3) is 2.55. The molecule has 1 N–H and O–H groups in total. The van der Waals surface area contributed by atoms with Gasteiger partial charge < -0.3 is 5.11 Å². The van der Waals surface area contributed by atoms with E-state index in [0.717, 1.165) is 6.20 Å². The molecule has 2 aromatic rings. The third-order valence-corrected chi connectivity index (χ3v) is 3.55. The molecule has 0 amide bonds. The van der Waals surface area contributed by atoms with E-state index in [4.69, 9.17) is 0 Å². The minimum absolute atomic E-state index is 0.0780. The second-order valence-electron chi connectivity index (χ2n) is 4.84. The van der Waals surface area contributed by atoms with Gasteiger partial charge in [-0.3, -0.25) is 9.67 Å². The average Bonchev–Trinajstić information content (AvgIpc) is 2.72. The lowest BCUT2D eigenvalue weighted by Crippen LogP contribution is -2.28. The van der Waals surface area contributed by atoms with Crippen molar-refractivity contribution < 1.29 is 9.50 Å². The Bertz CT molecular complexity index is 595. The Morgan fingerprint density at radius 3 is 2.63 bits per heavy atom. The van der Waals surface area contributed by atoms with Gasteiger partial charge in [0.15, 0.2) is 0 Å². The molecule has 0 saturated heterocycles. The summed E-state index contributed by atoms with van der Waals surface area (Å²) in [6.07, 6.45) is 4.18. The second kappa shape index (κ2) is 5.02. The van der Waals surface area contributed by atoms with Crippen molar-refractivity contribution >= 4 is 15.9 Å². The number of hydrogen-bond donors (Lipinski definition) is 1. The van der Waals surface area contributed by atoms with Crippen LogP contribution in [-0.4, -0.2) is 19.9 Å². The fraction of sp³-hybridized carbons (Fsp3) is 0.385. The van der Waals surface area contributed by atoms with E-state index in [0.29, 0.717) is 15.7 Å². The average molecular weight is 328 g/mol. The molecule has 0 spiro atoms. The highest BCUT2D eigenvalue weighted by Gasteiger charge is 2.33. The molecule has 2 rings (SSSR count). The highest BCUT2D eigenvalue weighted by Crippen LogP contribution is 2.35. The molecule has 0 aliphatic heterocycles. The van der Waals surface area contributed by atoms with E-state index in [2.05, 4.69) is 26.0 Å². The van der Waals surface area contributed by atoms with Crippen LogP contribution in [0.25, 0.3) is 0 Å². The van der Waals surface area contributed by atoms with Crippen LogP contribution in [0.2, 0.25) is 0 Å². The van der Waals surface area contributed by atoms with Crippen molar-refractivity contribution in [1.29, 1.82) is 0 Å². The van der Waals surface area contributed by atoms with Crippen LogP contribution in [0.4, 0.5) is 4.39 Å². The van der Waals surface area contributed by atoms with E-state index in [-0.39, 0.29) is 6.04 Å². The SMILES string of the molecule is CC(C)n1ncc(Br)c1C(C)(O)c1cncc(F)c1. The maximum absolute atomic E-state index is 13.3. The van der Waals surface area contributed by atoms with E-state index in [9.17, 15) is 9.50 Å². The summed E-state index contributed by atoms with van der Waals surface area (Å²) in [6.45, 7) is 5.52. The molecular formula is C13H15BrFN3O. The van der Waals surface area contributed by atoms with E-state index in [1.54, 1.807) is 17.8 Å². The van der Waals surface area contributed by atoms with Crippen LogP contribution in [0.1, 0.15) is 38.1 Å². The number of hydrogen-bond acceptors (Lipinski definition) is 3. The number of aliphatic hydroxyl groups is 1. The number of pyridine rings is 1. The molecule has 19 heavy (non-hydrogen) atoms. The van der Waals surface area contributed by atoms with E-state index < -0.39 is 11.4 Å². The van der Waals surface area contributed by atoms with Gasteiger partial charge in [-0.1, -0.05) is 0 Å². The molecule has 0 bridgehead atoms. The highest BCUT2D eigenvalue weighted by atomic mass is 79.9. The molecule has 2 heterocycles. The fourth-order valence-electron chi connectivity index (χ4n) is 2.00. The summed E-state index contributed by atoms with van der Waals surface area (Å²) in [7, 11) is 0. The zero-order chi connectivity index (χ0) is 14.2. The molecule has 0 fully saturated rings. The summed E-state index contributed by atoms with van der Waals surface area (Å²) >= 11 is 3.38. The summed E-state index contributed by atoms with van der Waals surface area (Å²) in [5, 5.41) is 15.0. The largest absolute Gasteiger partial charge is 0.379 e. The number of halogens is 2. The number of rotatable bonds is 3. The van der Waals surface area contributed by atoms with Gasteiger partial charge in [0.05, 0.1) is 22.6 Å². The van der Waals surface area contributed by atoms with Crippen molar-refractivity contribution in [1.82, 2.24) is 14.8 Å². The van der Waals surface area contributed by atoms with Crippen molar-refractivity contribution in [3.8, 4) is 0 Å². The normalized spacial score (nSPS) is 14.7. The first-order valence-corrected chi connectivity index (χ1v) is 6.70. The first-order valence-electron chi connectivity index (χ1n) is 5.91. The minimum Gasteiger partial charge on any atom is -0.379 e. The van der Waals surface area contributed by atoms with Gasteiger partial charge >= 0.3 is 0 Å². The van der Waals surface area contributed by atoms with Crippen molar-refractivity contribution in [2.75, 3.05) is 0 Å². The molecule has 0 aliphatic rings. The van der Waals surface area contributed by atoms with Crippen molar-refractivity contribution in [3.05, 3.63) is 46.2 Å². The van der Waals surface area contributed by atoms with Gasteiger partial charge in [-0.15, -0.1) is 0 Å². The Kier molecular flexibility index (Phi) is 3.73. The van der Waals surface area contributed by atoms with Gasteiger partial charge in [-0.05, 0) is 42.8 Å². The summed E-state index contributed by atoms with van der Waals surface area (Å²) in [5.74, 6) is -0.482. The van der Waals surface area contributed by atoms with Crippen LogP contribution in [0.15, 0.2) is 29.1 Å². The lowest BCUT2D eigenvalue weighted by Gasteiger charge is -2.26. The van der Waals surface area contributed by atoms with Crippen LogP contribution in [0, 0.1) is 5.82 Å². The van der Waals surface area contributed by atoms with E-state index >= 15 is 0 Å². The topological polar surface area (TPSA) is 50.9 Å². The molecule has 0 aliphatic carbocycles. The van der Waals surface area contributed by atoms with Gasteiger partial charge in [0.2, 0.25) is 0 Å². The molecule has 0 aromatic carbocycles. The second-order valence-corrected chi connectivity index (χ2v) is 5.70. The Hall–Kier alpha value is -1.27. The third-order valence-electron chi connectivity index (χ3n) is 2.97. The molecule has 0 saturated carbocycles. The molecule has 1 unspecified atom stereocenters. The van der Waals surface area contributed by atoms with Crippen molar-refractivity contribution in [3.63, 3.8) is 0 Å². The Labute approximate surface area is 119 Å². The molecule has 4 nitrogen and oxygen atoms in total. The quantitative estimate of drug-likeness (QED) is 0.942. The maximum Gasteiger partial charge on any atom is 0.141 e. The lowest BCUT2D eigenvalue weighted by molar-refractivity contribution is 0.0884. The first kappa shape index (κ1) is 14.1. The predicted octanol–water partition coefficient (Wildman–Crippen LogP) is 3.02. The Balaban J connectivity index is 2.59. The van der Waals surface area contributed by atoms with Gasteiger partial charge in [-0.2, -0.15) is 5.10 Å². The highest BCUT2D eigenvalue weighted by molar-refractivity contribution is 9.10. The molecule has 1 atom stereocenters. The zero-order valence-corrected chi connectivity index (χ0v) is 12.5. The smallest absolute Gasteiger partial charge is 0.141 e. The molecule has 0 radical (unpaired) electrons. The van der Waals surface area contributed by atoms with Gasteiger partial charge in [0.1, 0.15) is 11.4 Å². The number of aromatic nitrogens is 3. The van der Waals surface area contributed by atoms with Crippen LogP contribution in [0.5, 0.6) is 0 Å². The standard InChI is InChI=1S/C13H15BrFN3O/c1-8(2)18-12(11(14)7-17-18)13(3,19)9-4-10(15)6-16-5-9/h4-8,19H,1-3H3. The maximum atomic E-state index is 13.3. The van der Waals surface area contributed by atoms with Crippen LogP contribution in [-0.2, 0) is 5.60 Å². The molecular weight excluding hydrogens is 313 g/mol. The summed E-state index contributed by atoms with van der Waals surface area (Å²) < 4.78 is 15.7. The van der Waals surface area contributed by atoms with Crippen LogP contribution < -0.4 is 0 Å². The molecule has 2 aromatic heterocycles. The van der Waals surface area contributed by atoms with Crippen LogP contribution in [0.3, 0.4) is 0 Å². The minimum atomic E-state index is -1.38. The van der Waals surface area contributed by atoms with Gasteiger partial charge in [-0.25, -0.2) is 4.39 Å². The number of nitrogens with zero attached hydrogens (tertiary/aromatic N) is 3. The fourth-order valence-corrected chi connectivity index (χ4v) is 2.66. The monoisotopic (exact) mass is 327 g/mol. The Morgan fingerprint density at radius 1 is 1.37 bits per heavy atom. The summed E-state index contributed by atoms with van der Waals surface area (Å²) in [4.78, 5) is 3.78. The summed E-state index contributed by atoms with van der Waals surface area (Å²) in [5.41, 5.74) is -0.417. The first-order chi connectivity index (χ1) is 8.84. The lowest BCUT2D eigenvalue weighted by atomic mass is 9.93. The van der Waals surface area contributed by atoms with Crippen LogP contribution >= 0.6 is 15.9 Å². The Morgan fingerprint density at radius 2 is 2.05 bits per heavy atom. The van der Waals surface area contributed by atoms with E-state index in [1.165, 1.54) is 12.3 Å². The van der Waals surface area contributed by atoms with Crippen molar-refractivity contribution in [2.45, 2.75) is 32.4 Å². The van der Waals surface area contributed by atoms with Gasteiger partial charge in [0, 0.05) is 17.8 Å². The summed E-state index contributed by atoms with van der Waals surface area (Å²) in [6, 6.07) is 1.35. The predicted molar refractivity (Wildman–Crippen MR) is 73.2 cm³/mol. The zero-order valence-electron chi connectivity index (χ0n) is 10.9. The van der Waals surface area contributed by atoms with Crippen molar-refractivity contribution in [2.24, 2.45) is 0 Å².